The molecule has 1 N–H and O–H groups in total. The molecule has 0 unspecified atom stereocenters. The second kappa shape index (κ2) is 8.86. The highest BCUT2D eigenvalue weighted by Gasteiger charge is 2.06. The van der Waals surface area contributed by atoms with Crippen molar-refractivity contribution >= 4 is 23.4 Å². The maximum atomic E-state index is 11.7. The molecule has 1 amide bonds. The van der Waals surface area contributed by atoms with Crippen LogP contribution in [0.5, 0.6) is 5.75 Å². The third kappa shape index (κ3) is 5.45. The maximum absolute atomic E-state index is 11.7. The van der Waals surface area contributed by atoms with Crippen molar-refractivity contribution in [1.29, 1.82) is 0 Å². The van der Waals surface area contributed by atoms with Crippen molar-refractivity contribution in [2.24, 2.45) is 0 Å². The van der Waals surface area contributed by atoms with E-state index in [1.807, 2.05) is 30.5 Å². The van der Waals surface area contributed by atoms with Crippen LogP contribution in [0.15, 0.2) is 24.3 Å². The van der Waals surface area contributed by atoms with Crippen molar-refractivity contribution in [2.45, 2.75) is 26.2 Å². The van der Waals surface area contributed by atoms with E-state index in [0.717, 1.165) is 30.0 Å². The van der Waals surface area contributed by atoms with Crippen molar-refractivity contribution in [3.8, 4) is 5.75 Å². The van der Waals surface area contributed by atoms with E-state index in [1.54, 1.807) is 11.8 Å². The minimum atomic E-state index is 0.0524. The lowest BCUT2D eigenvalue weighted by molar-refractivity contribution is -0.116. The summed E-state index contributed by atoms with van der Waals surface area (Å²) in [5, 5.41) is 2.91. The highest BCUT2D eigenvalue weighted by Crippen LogP contribution is 2.24. The number of hydrogen-bond acceptors (Lipinski definition) is 3. The summed E-state index contributed by atoms with van der Waals surface area (Å²) in [5.41, 5.74) is 0.764. The van der Waals surface area contributed by atoms with Crippen molar-refractivity contribution in [2.75, 3.05) is 23.9 Å². The summed E-state index contributed by atoms with van der Waals surface area (Å²) in [6.45, 7) is 2.73. The number of nitrogens with one attached hydrogen (secondary N) is 1. The normalized spacial score (nSPS) is 10.1. The van der Waals surface area contributed by atoms with E-state index >= 15 is 0 Å². The van der Waals surface area contributed by atoms with Gasteiger partial charge in [0.1, 0.15) is 5.75 Å². The average Bonchev–Trinajstić information content (AvgIpc) is 2.38. The van der Waals surface area contributed by atoms with Crippen molar-refractivity contribution < 1.29 is 9.53 Å². The second-order valence-electron chi connectivity index (χ2n) is 3.99. The Labute approximate surface area is 113 Å². The van der Waals surface area contributed by atoms with Crippen LogP contribution in [0, 0.1) is 0 Å². The first-order valence-corrected chi connectivity index (χ1v) is 7.68. The predicted molar refractivity (Wildman–Crippen MR) is 78.5 cm³/mol. The van der Waals surface area contributed by atoms with Gasteiger partial charge in [-0.2, -0.15) is 11.8 Å². The molecule has 1 aromatic rings. The first kappa shape index (κ1) is 14.9. The van der Waals surface area contributed by atoms with E-state index in [-0.39, 0.29) is 5.91 Å². The zero-order valence-corrected chi connectivity index (χ0v) is 11.9. The van der Waals surface area contributed by atoms with Crippen molar-refractivity contribution in [1.82, 2.24) is 0 Å². The van der Waals surface area contributed by atoms with Crippen molar-refractivity contribution in [3.05, 3.63) is 24.3 Å². The summed E-state index contributed by atoms with van der Waals surface area (Å²) >= 11 is 1.76. The van der Waals surface area contributed by atoms with Crippen LogP contribution in [-0.4, -0.2) is 24.5 Å². The predicted octanol–water partition coefficient (Wildman–Crippen LogP) is 3.56. The Morgan fingerprint density at radius 3 is 2.89 bits per heavy atom. The van der Waals surface area contributed by atoms with Gasteiger partial charge in [-0.25, -0.2) is 0 Å². The number of para-hydroxylation sites is 2. The van der Waals surface area contributed by atoms with Gasteiger partial charge in [-0.1, -0.05) is 19.1 Å². The molecule has 0 aromatic heterocycles. The molecule has 1 rings (SSSR count). The van der Waals surface area contributed by atoms with Gasteiger partial charge in [0.15, 0.2) is 0 Å². The van der Waals surface area contributed by atoms with Gasteiger partial charge in [0.25, 0.3) is 0 Å². The number of carbonyl (C=O) groups is 1. The number of anilines is 1. The van der Waals surface area contributed by atoms with Gasteiger partial charge < -0.3 is 10.1 Å². The number of thioether (sulfide) groups is 1. The SMILES string of the molecule is CCCOc1ccccc1NC(=O)CCCSC. The molecule has 0 fully saturated rings. The Morgan fingerprint density at radius 2 is 2.17 bits per heavy atom. The van der Waals surface area contributed by atoms with Crippen LogP contribution in [0.4, 0.5) is 5.69 Å². The van der Waals surface area contributed by atoms with Crippen LogP contribution in [-0.2, 0) is 4.79 Å². The van der Waals surface area contributed by atoms with E-state index in [2.05, 4.69) is 12.2 Å². The minimum absolute atomic E-state index is 0.0524. The number of hydrogen-bond donors (Lipinski definition) is 1. The first-order chi connectivity index (χ1) is 8.77. The van der Waals surface area contributed by atoms with Crippen LogP contribution in [0.3, 0.4) is 0 Å². The fraction of sp³-hybridized carbons (Fsp3) is 0.500. The third-order valence-corrected chi connectivity index (χ3v) is 3.07. The van der Waals surface area contributed by atoms with E-state index in [4.69, 9.17) is 4.74 Å². The fourth-order valence-electron chi connectivity index (χ4n) is 1.50. The minimum Gasteiger partial charge on any atom is -0.491 e. The first-order valence-electron chi connectivity index (χ1n) is 6.28. The summed E-state index contributed by atoms with van der Waals surface area (Å²) in [6.07, 6.45) is 4.47. The number of benzene rings is 1. The third-order valence-electron chi connectivity index (χ3n) is 2.38. The molecule has 18 heavy (non-hydrogen) atoms. The van der Waals surface area contributed by atoms with Gasteiger partial charge >= 0.3 is 0 Å². The lowest BCUT2D eigenvalue weighted by Crippen LogP contribution is -2.12. The molecule has 100 valence electrons. The summed E-state index contributed by atoms with van der Waals surface area (Å²) in [7, 11) is 0. The Bertz CT molecular complexity index is 369. The summed E-state index contributed by atoms with van der Waals surface area (Å²) in [6, 6.07) is 7.56. The van der Waals surface area contributed by atoms with Crippen LogP contribution in [0.1, 0.15) is 26.2 Å². The number of rotatable bonds is 8. The van der Waals surface area contributed by atoms with Crippen LogP contribution in [0.25, 0.3) is 0 Å². The summed E-state index contributed by atoms with van der Waals surface area (Å²) in [5.74, 6) is 1.82. The van der Waals surface area contributed by atoms with Gasteiger partial charge in [0, 0.05) is 6.42 Å². The van der Waals surface area contributed by atoms with E-state index in [0.29, 0.717) is 13.0 Å². The molecule has 0 spiro atoms. The topological polar surface area (TPSA) is 38.3 Å². The van der Waals surface area contributed by atoms with Gasteiger partial charge in [0.05, 0.1) is 12.3 Å². The Hall–Kier alpha value is -1.16. The molecule has 3 nitrogen and oxygen atoms in total. The number of carbonyl (C=O) groups excluding carboxylic acids is 1. The van der Waals surface area contributed by atoms with Crippen LogP contribution < -0.4 is 10.1 Å². The number of ether oxygens (including phenoxy) is 1. The van der Waals surface area contributed by atoms with Crippen LogP contribution in [0.2, 0.25) is 0 Å². The molecule has 0 aliphatic heterocycles. The largest absolute Gasteiger partial charge is 0.491 e. The maximum Gasteiger partial charge on any atom is 0.224 e. The van der Waals surface area contributed by atoms with Gasteiger partial charge in [-0.3, -0.25) is 4.79 Å². The van der Waals surface area contributed by atoms with Crippen molar-refractivity contribution in [3.63, 3.8) is 0 Å². The van der Waals surface area contributed by atoms with Gasteiger partial charge in [0.2, 0.25) is 5.91 Å². The monoisotopic (exact) mass is 267 g/mol. The van der Waals surface area contributed by atoms with Crippen LogP contribution >= 0.6 is 11.8 Å². The highest BCUT2D eigenvalue weighted by atomic mass is 32.2. The standard InChI is InChI=1S/C14H21NO2S/c1-3-10-17-13-8-5-4-7-12(13)15-14(16)9-6-11-18-2/h4-5,7-8H,3,6,9-11H2,1-2H3,(H,15,16). The zero-order chi connectivity index (χ0) is 13.2. The molecule has 0 saturated carbocycles. The summed E-state index contributed by atoms with van der Waals surface area (Å²) < 4.78 is 5.59. The Kier molecular flexibility index (Phi) is 7.34. The lowest BCUT2D eigenvalue weighted by atomic mass is 10.2. The molecular weight excluding hydrogens is 246 g/mol. The molecule has 0 bridgehead atoms. The van der Waals surface area contributed by atoms with E-state index in [9.17, 15) is 4.79 Å². The molecule has 0 radical (unpaired) electrons. The molecule has 0 atom stereocenters. The molecule has 0 saturated heterocycles. The zero-order valence-electron chi connectivity index (χ0n) is 11.1. The molecule has 0 aliphatic rings. The smallest absolute Gasteiger partial charge is 0.224 e. The molecule has 0 aliphatic carbocycles. The summed E-state index contributed by atoms with van der Waals surface area (Å²) in [4.78, 5) is 11.7. The lowest BCUT2D eigenvalue weighted by Gasteiger charge is -2.11. The number of amides is 1. The quantitative estimate of drug-likeness (QED) is 0.732. The molecule has 1 aromatic carbocycles. The fourth-order valence-corrected chi connectivity index (χ4v) is 1.93. The van der Waals surface area contributed by atoms with E-state index in [1.165, 1.54) is 0 Å². The molecule has 4 heteroatoms. The van der Waals surface area contributed by atoms with E-state index < -0.39 is 0 Å². The Balaban J connectivity index is 2.51. The average molecular weight is 267 g/mol. The molecular formula is C14H21NO2S. The second-order valence-corrected chi connectivity index (χ2v) is 4.97. The Morgan fingerprint density at radius 1 is 1.39 bits per heavy atom. The highest BCUT2D eigenvalue weighted by molar-refractivity contribution is 7.98. The van der Waals surface area contributed by atoms with Gasteiger partial charge in [-0.05, 0) is 37.0 Å². The molecule has 0 heterocycles. The van der Waals surface area contributed by atoms with Gasteiger partial charge in [-0.15, -0.1) is 0 Å².